The first-order valence-electron chi connectivity index (χ1n) is 3.81. The molecule has 1 aliphatic heterocycles. The van der Waals surface area contributed by atoms with Crippen LogP contribution in [0, 0.1) is 0 Å². The van der Waals surface area contributed by atoms with Crippen LogP contribution in [-0.2, 0) is 9.53 Å². The van der Waals surface area contributed by atoms with E-state index >= 15 is 0 Å². The smallest absolute Gasteiger partial charge is 0.251 e. The normalized spacial score (nSPS) is 24.7. The molecule has 1 aliphatic rings. The van der Waals surface area contributed by atoms with E-state index in [2.05, 4.69) is 0 Å². The van der Waals surface area contributed by atoms with Gasteiger partial charge in [0.05, 0.1) is 0 Å². The minimum absolute atomic E-state index is 0.0814. The van der Waals surface area contributed by atoms with Crippen LogP contribution in [-0.4, -0.2) is 43.7 Å². The van der Waals surface area contributed by atoms with E-state index in [1.165, 1.54) is 0 Å². The van der Waals surface area contributed by atoms with Crippen molar-refractivity contribution >= 4 is 5.91 Å². The summed E-state index contributed by atoms with van der Waals surface area (Å²) in [5, 5.41) is 0. The van der Waals surface area contributed by atoms with E-state index in [9.17, 15) is 4.79 Å². The molecular formula is C7H14N2O2. The molecule has 0 aromatic heterocycles. The monoisotopic (exact) mass is 158 g/mol. The van der Waals surface area contributed by atoms with E-state index in [0.29, 0.717) is 13.1 Å². The highest BCUT2D eigenvalue weighted by Gasteiger charge is 2.30. The third-order valence-corrected chi connectivity index (χ3v) is 1.93. The Morgan fingerprint density at radius 2 is 2.55 bits per heavy atom. The third kappa shape index (κ3) is 1.70. The number of amides is 1. The van der Waals surface area contributed by atoms with Crippen LogP contribution in [0.5, 0.6) is 0 Å². The second-order valence-electron chi connectivity index (χ2n) is 2.63. The molecule has 0 aromatic carbocycles. The Balaban J connectivity index is 2.42. The van der Waals surface area contributed by atoms with Crippen LogP contribution in [0.25, 0.3) is 0 Å². The van der Waals surface area contributed by atoms with Crippen LogP contribution in [0.3, 0.4) is 0 Å². The van der Waals surface area contributed by atoms with E-state index < -0.39 is 0 Å². The molecule has 0 aromatic rings. The van der Waals surface area contributed by atoms with Gasteiger partial charge in [-0.05, 0) is 0 Å². The summed E-state index contributed by atoms with van der Waals surface area (Å²) in [6.45, 7) is 1.97. The molecular weight excluding hydrogens is 144 g/mol. The molecule has 1 atom stereocenters. The van der Waals surface area contributed by atoms with Gasteiger partial charge in [0.15, 0.2) is 0 Å². The Morgan fingerprint density at radius 1 is 1.82 bits per heavy atom. The number of rotatable bonds is 3. The van der Waals surface area contributed by atoms with Crippen LogP contribution >= 0.6 is 0 Å². The van der Waals surface area contributed by atoms with Gasteiger partial charge < -0.3 is 15.4 Å². The van der Waals surface area contributed by atoms with Crippen molar-refractivity contribution in [1.29, 1.82) is 0 Å². The first-order chi connectivity index (χ1) is 5.29. The number of hydrogen-bond donors (Lipinski definition) is 1. The van der Waals surface area contributed by atoms with E-state index in [1.807, 2.05) is 0 Å². The molecule has 0 saturated carbocycles. The number of methoxy groups -OCH3 is 1. The summed E-state index contributed by atoms with van der Waals surface area (Å²) in [6.07, 6.45) is 0.580. The van der Waals surface area contributed by atoms with E-state index in [0.717, 1.165) is 13.0 Å². The SMILES string of the molecule is CO[C@H]1CCN(CCN)C1=O. The number of carbonyl (C=O) groups excluding carboxylic acids is 1. The average Bonchev–Trinajstić information content (AvgIpc) is 2.34. The van der Waals surface area contributed by atoms with Crippen molar-refractivity contribution in [3.63, 3.8) is 0 Å². The first kappa shape index (κ1) is 8.49. The fourth-order valence-electron chi connectivity index (χ4n) is 1.31. The lowest BCUT2D eigenvalue weighted by Crippen LogP contribution is -2.34. The van der Waals surface area contributed by atoms with Crippen LogP contribution in [0.4, 0.5) is 0 Å². The summed E-state index contributed by atoms with van der Waals surface area (Å²) >= 11 is 0. The van der Waals surface area contributed by atoms with Crippen molar-refractivity contribution in [3.8, 4) is 0 Å². The van der Waals surface area contributed by atoms with Crippen LogP contribution in [0.2, 0.25) is 0 Å². The highest BCUT2D eigenvalue weighted by molar-refractivity contribution is 5.82. The molecule has 1 heterocycles. The van der Waals surface area contributed by atoms with Crippen LogP contribution < -0.4 is 5.73 Å². The summed E-state index contributed by atoms with van der Waals surface area (Å²) in [5.41, 5.74) is 5.32. The van der Waals surface area contributed by atoms with Gasteiger partial charge in [-0.2, -0.15) is 0 Å². The molecule has 1 rings (SSSR count). The Labute approximate surface area is 66.3 Å². The molecule has 0 bridgehead atoms. The number of ether oxygens (including phenoxy) is 1. The highest BCUT2D eigenvalue weighted by atomic mass is 16.5. The largest absolute Gasteiger partial charge is 0.372 e. The fourth-order valence-corrected chi connectivity index (χ4v) is 1.31. The summed E-state index contributed by atoms with van der Waals surface area (Å²) in [5.74, 6) is 0.0814. The Hall–Kier alpha value is -0.610. The number of hydrogen-bond acceptors (Lipinski definition) is 3. The van der Waals surface area contributed by atoms with E-state index in [-0.39, 0.29) is 12.0 Å². The first-order valence-corrected chi connectivity index (χ1v) is 3.81. The molecule has 1 saturated heterocycles. The standard InChI is InChI=1S/C7H14N2O2/c1-11-6-2-4-9(5-3-8)7(6)10/h6H,2-5,8H2,1H3/t6-/m0/s1. The van der Waals surface area contributed by atoms with E-state index in [1.54, 1.807) is 12.0 Å². The minimum Gasteiger partial charge on any atom is -0.372 e. The van der Waals surface area contributed by atoms with Crippen molar-refractivity contribution < 1.29 is 9.53 Å². The zero-order valence-electron chi connectivity index (χ0n) is 6.75. The summed E-state index contributed by atoms with van der Waals surface area (Å²) in [4.78, 5) is 13.0. The number of carbonyl (C=O) groups is 1. The Bertz CT molecular complexity index is 149. The molecule has 64 valence electrons. The molecule has 4 heteroatoms. The maximum Gasteiger partial charge on any atom is 0.251 e. The van der Waals surface area contributed by atoms with Gasteiger partial charge in [0.1, 0.15) is 6.10 Å². The zero-order chi connectivity index (χ0) is 8.27. The lowest BCUT2D eigenvalue weighted by Gasteiger charge is -2.14. The van der Waals surface area contributed by atoms with Gasteiger partial charge in [-0.15, -0.1) is 0 Å². The molecule has 0 spiro atoms. The lowest BCUT2D eigenvalue weighted by molar-refractivity contribution is -0.135. The van der Waals surface area contributed by atoms with Gasteiger partial charge in [-0.25, -0.2) is 0 Å². The quantitative estimate of drug-likeness (QED) is 0.584. The van der Waals surface area contributed by atoms with Crippen molar-refractivity contribution in [2.24, 2.45) is 5.73 Å². The summed E-state index contributed by atoms with van der Waals surface area (Å²) in [7, 11) is 1.56. The van der Waals surface area contributed by atoms with Crippen molar-refractivity contribution in [2.75, 3.05) is 26.7 Å². The van der Waals surface area contributed by atoms with Gasteiger partial charge in [-0.1, -0.05) is 0 Å². The summed E-state index contributed by atoms with van der Waals surface area (Å²) in [6, 6.07) is 0. The molecule has 2 N–H and O–H groups in total. The zero-order valence-corrected chi connectivity index (χ0v) is 6.75. The fraction of sp³-hybridized carbons (Fsp3) is 0.857. The van der Waals surface area contributed by atoms with Gasteiger partial charge in [0.2, 0.25) is 0 Å². The molecule has 11 heavy (non-hydrogen) atoms. The van der Waals surface area contributed by atoms with Crippen molar-refractivity contribution in [1.82, 2.24) is 4.90 Å². The van der Waals surface area contributed by atoms with Gasteiger partial charge >= 0.3 is 0 Å². The minimum atomic E-state index is -0.221. The maximum absolute atomic E-state index is 11.3. The third-order valence-electron chi connectivity index (χ3n) is 1.93. The molecule has 0 aliphatic carbocycles. The molecule has 0 unspecified atom stereocenters. The number of nitrogens with zero attached hydrogens (tertiary/aromatic N) is 1. The highest BCUT2D eigenvalue weighted by Crippen LogP contribution is 2.12. The molecule has 1 fully saturated rings. The molecule has 1 amide bonds. The van der Waals surface area contributed by atoms with Crippen LogP contribution in [0.1, 0.15) is 6.42 Å². The van der Waals surface area contributed by atoms with Crippen molar-refractivity contribution in [3.05, 3.63) is 0 Å². The Kier molecular flexibility index (Phi) is 2.84. The predicted molar refractivity (Wildman–Crippen MR) is 41.0 cm³/mol. The second kappa shape index (κ2) is 3.69. The van der Waals surface area contributed by atoms with Crippen molar-refractivity contribution in [2.45, 2.75) is 12.5 Å². The van der Waals surface area contributed by atoms with Gasteiger partial charge in [0, 0.05) is 33.2 Å². The van der Waals surface area contributed by atoms with Crippen LogP contribution in [0.15, 0.2) is 0 Å². The summed E-state index contributed by atoms with van der Waals surface area (Å²) < 4.78 is 4.97. The van der Waals surface area contributed by atoms with Gasteiger partial charge in [-0.3, -0.25) is 4.79 Å². The average molecular weight is 158 g/mol. The second-order valence-corrected chi connectivity index (χ2v) is 2.63. The van der Waals surface area contributed by atoms with E-state index in [4.69, 9.17) is 10.5 Å². The lowest BCUT2D eigenvalue weighted by atomic mass is 10.3. The van der Waals surface area contributed by atoms with Gasteiger partial charge in [0.25, 0.3) is 5.91 Å². The number of nitrogens with two attached hydrogens (primary N) is 1. The maximum atomic E-state index is 11.3. The number of likely N-dealkylation sites (tertiary alicyclic amines) is 1. The molecule has 4 nitrogen and oxygen atoms in total. The Morgan fingerprint density at radius 3 is 3.00 bits per heavy atom. The topological polar surface area (TPSA) is 55.6 Å². The molecule has 0 radical (unpaired) electrons. The predicted octanol–water partition coefficient (Wildman–Crippen LogP) is -0.808.